The molecule has 5 nitrogen and oxygen atoms in total. The predicted octanol–water partition coefficient (Wildman–Crippen LogP) is 2.92. The highest BCUT2D eigenvalue weighted by Gasteiger charge is 2.21. The van der Waals surface area contributed by atoms with Gasteiger partial charge < -0.3 is 10.6 Å². The van der Waals surface area contributed by atoms with E-state index in [0.717, 1.165) is 22.6 Å². The van der Waals surface area contributed by atoms with Gasteiger partial charge in [-0.2, -0.15) is 0 Å². The molecular formula is C16H18N4O. The summed E-state index contributed by atoms with van der Waals surface area (Å²) in [5.41, 5.74) is 3.32. The Morgan fingerprint density at radius 1 is 1.10 bits per heavy atom. The number of hydrogen-bond donors (Lipinski definition) is 2. The number of amides is 1. The first-order chi connectivity index (χ1) is 10.1. The maximum atomic E-state index is 12.1. The second kappa shape index (κ2) is 5.52. The van der Waals surface area contributed by atoms with Crippen LogP contribution in [-0.2, 0) is 0 Å². The van der Waals surface area contributed by atoms with Crippen LogP contribution in [0.2, 0.25) is 0 Å². The van der Waals surface area contributed by atoms with Crippen molar-refractivity contribution >= 4 is 17.4 Å². The summed E-state index contributed by atoms with van der Waals surface area (Å²) >= 11 is 0. The summed E-state index contributed by atoms with van der Waals surface area (Å²) in [6.07, 6.45) is 2.35. The van der Waals surface area contributed by atoms with E-state index >= 15 is 0 Å². The lowest BCUT2D eigenvalue weighted by molar-refractivity contribution is 0.102. The van der Waals surface area contributed by atoms with E-state index in [1.54, 1.807) is 12.1 Å². The van der Waals surface area contributed by atoms with E-state index in [1.165, 1.54) is 12.8 Å². The standard InChI is InChI=1S/C16H18N4O/c1-10-7-11(2)9-13(8-10)18-16(21)14-5-6-15(20-19-14)17-12-3-4-12/h5-9,12H,3-4H2,1-2H3,(H,17,20)(H,18,21). The van der Waals surface area contributed by atoms with Crippen LogP contribution >= 0.6 is 0 Å². The highest BCUT2D eigenvalue weighted by Crippen LogP contribution is 2.23. The number of aryl methyl sites for hydroxylation is 2. The van der Waals surface area contributed by atoms with Gasteiger partial charge in [-0.3, -0.25) is 4.79 Å². The van der Waals surface area contributed by atoms with Gasteiger partial charge in [0, 0.05) is 11.7 Å². The molecule has 1 aromatic carbocycles. The SMILES string of the molecule is Cc1cc(C)cc(NC(=O)c2ccc(NC3CC3)nn2)c1. The third-order valence-corrected chi connectivity index (χ3v) is 3.31. The summed E-state index contributed by atoms with van der Waals surface area (Å²) in [5, 5.41) is 14.1. The molecule has 1 fully saturated rings. The second-order valence-corrected chi connectivity index (χ2v) is 5.55. The fourth-order valence-electron chi connectivity index (χ4n) is 2.21. The van der Waals surface area contributed by atoms with Crippen LogP contribution in [-0.4, -0.2) is 22.1 Å². The third kappa shape index (κ3) is 3.56. The highest BCUT2D eigenvalue weighted by atomic mass is 16.1. The van der Waals surface area contributed by atoms with Crippen LogP contribution in [0.25, 0.3) is 0 Å². The maximum Gasteiger partial charge on any atom is 0.276 e. The van der Waals surface area contributed by atoms with E-state index in [4.69, 9.17) is 0 Å². The molecule has 1 heterocycles. The van der Waals surface area contributed by atoms with Crippen molar-refractivity contribution < 1.29 is 4.79 Å². The van der Waals surface area contributed by atoms with Gasteiger partial charge in [-0.05, 0) is 62.1 Å². The minimum Gasteiger partial charge on any atom is -0.366 e. The average Bonchev–Trinajstić information content (AvgIpc) is 3.22. The topological polar surface area (TPSA) is 66.9 Å². The second-order valence-electron chi connectivity index (χ2n) is 5.55. The Bertz CT molecular complexity index is 642. The average molecular weight is 282 g/mol. The van der Waals surface area contributed by atoms with E-state index in [2.05, 4.69) is 26.9 Å². The van der Waals surface area contributed by atoms with Crippen molar-refractivity contribution in [2.45, 2.75) is 32.7 Å². The molecule has 3 rings (SSSR count). The molecule has 1 saturated carbocycles. The fraction of sp³-hybridized carbons (Fsp3) is 0.312. The summed E-state index contributed by atoms with van der Waals surface area (Å²) in [6, 6.07) is 9.93. The molecule has 21 heavy (non-hydrogen) atoms. The summed E-state index contributed by atoms with van der Waals surface area (Å²) < 4.78 is 0. The molecule has 2 N–H and O–H groups in total. The van der Waals surface area contributed by atoms with Crippen molar-refractivity contribution in [2.24, 2.45) is 0 Å². The van der Waals surface area contributed by atoms with Gasteiger partial charge in [0.25, 0.3) is 5.91 Å². The fourth-order valence-corrected chi connectivity index (χ4v) is 2.21. The molecule has 1 aromatic heterocycles. The molecule has 0 aliphatic heterocycles. The van der Waals surface area contributed by atoms with Gasteiger partial charge in [0.15, 0.2) is 5.69 Å². The van der Waals surface area contributed by atoms with Gasteiger partial charge in [-0.25, -0.2) is 0 Å². The number of carbonyl (C=O) groups excluding carboxylic acids is 1. The zero-order chi connectivity index (χ0) is 14.8. The Morgan fingerprint density at radius 2 is 1.81 bits per heavy atom. The molecule has 1 aliphatic carbocycles. The number of anilines is 2. The van der Waals surface area contributed by atoms with E-state index in [1.807, 2.05) is 26.0 Å². The first-order valence-corrected chi connectivity index (χ1v) is 7.10. The van der Waals surface area contributed by atoms with Gasteiger partial charge >= 0.3 is 0 Å². The molecule has 0 bridgehead atoms. The van der Waals surface area contributed by atoms with Crippen LogP contribution in [0, 0.1) is 13.8 Å². The van der Waals surface area contributed by atoms with Crippen molar-refractivity contribution in [1.82, 2.24) is 10.2 Å². The number of rotatable bonds is 4. The van der Waals surface area contributed by atoms with Gasteiger partial charge in [0.1, 0.15) is 5.82 Å². The van der Waals surface area contributed by atoms with Crippen molar-refractivity contribution in [3.05, 3.63) is 47.2 Å². The van der Waals surface area contributed by atoms with Crippen molar-refractivity contribution in [1.29, 1.82) is 0 Å². The number of hydrogen-bond acceptors (Lipinski definition) is 4. The molecule has 0 unspecified atom stereocenters. The van der Waals surface area contributed by atoms with Gasteiger partial charge in [-0.15, -0.1) is 10.2 Å². The number of carbonyl (C=O) groups is 1. The lowest BCUT2D eigenvalue weighted by Crippen LogP contribution is -2.15. The Kier molecular flexibility index (Phi) is 3.56. The van der Waals surface area contributed by atoms with E-state index in [0.29, 0.717) is 11.7 Å². The number of nitrogens with one attached hydrogen (secondary N) is 2. The predicted molar refractivity (Wildman–Crippen MR) is 82.5 cm³/mol. The minimum absolute atomic E-state index is 0.245. The third-order valence-electron chi connectivity index (χ3n) is 3.31. The quantitative estimate of drug-likeness (QED) is 0.904. The van der Waals surface area contributed by atoms with E-state index < -0.39 is 0 Å². The summed E-state index contributed by atoms with van der Waals surface area (Å²) in [5.74, 6) is 0.478. The van der Waals surface area contributed by atoms with Crippen LogP contribution in [0.15, 0.2) is 30.3 Å². The first-order valence-electron chi connectivity index (χ1n) is 7.10. The molecule has 0 saturated heterocycles. The van der Waals surface area contributed by atoms with Crippen LogP contribution < -0.4 is 10.6 Å². The van der Waals surface area contributed by atoms with Crippen LogP contribution in [0.4, 0.5) is 11.5 Å². The molecule has 5 heteroatoms. The van der Waals surface area contributed by atoms with Crippen molar-refractivity contribution in [3.63, 3.8) is 0 Å². The molecule has 0 radical (unpaired) electrons. The van der Waals surface area contributed by atoms with Crippen LogP contribution in [0.3, 0.4) is 0 Å². The Labute approximate surface area is 123 Å². The molecule has 108 valence electrons. The van der Waals surface area contributed by atoms with Crippen molar-refractivity contribution in [3.8, 4) is 0 Å². The molecular weight excluding hydrogens is 264 g/mol. The molecule has 0 atom stereocenters. The molecule has 2 aromatic rings. The Hall–Kier alpha value is -2.43. The Morgan fingerprint density at radius 3 is 2.38 bits per heavy atom. The maximum absolute atomic E-state index is 12.1. The number of aromatic nitrogens is 2. The first kappa shape index (κ1) is 13.5. The zero-order valence-electron chi connectivity index (χ0n) is 12.2. The van der Waals surface area contributed by atoms with Crippen molar-refractivity contribution in [2.75, 3.05) is 10.6 Å². The van der Waals surface area contributed by atoms with E-state index in [9.17, 15) is 4.79 Å². The van der Waals surface area contributed by atoms with Gasteiger partial charge in [0.2, 0.25) is 0 Å². The summed E-state index contributed by atoms with van der Waals surface area (Å²) in [6.45, 7) is 4.00. The summed E-state index contributed by atoms with van der Waals surface area (Å²) in [7, 11) is 0. The van der Waals surface area contributed by atoms with Gasteiger partial charge in [0.05, 0.1) is 0 Å². The zero-order valence-corrected chi connectivity index (χ0v) is 12.2. The smallest absolute Gasteiger partial charge is 0.276 e. The normalized spacial score (nSPS) is 13.8. The molecule has 1 amide bonds. The van der Waals surface area contributed by atoms with E-state index in [-0.39, 0.29) is 5.91 Å². The summed E-state index contributed by atoms with van der Waals surface area (Å²) in [4.78, 5) is 12.1. The number of benzene rings is 1. The molecule has 0 spiro atoms. The Balaban J connectivity index is 1.69. The largest absolute Gasteiger partial charge is 0.366 e. The molecule has 1 aliphatic rings. The minimum atomic E-state index is -0.245. The number of nitrogens with zero attached hydrogens (tertiary/aromatic N) is 2. The van der Waals surface area contributed by atoms with Gasteiger partial charge in [-0.1, -0.05) is 6.07 Å². The monoisotopic (exact) mass is 282 g/mol. The van der Waals surface area contributed by atoms with Crippen LogP contribution in [0.5, 0.6) is 0 Å². The highest BCUT2D eigenvalue weighted by molar-refractivity contribution is 6.02. The lowest BCUT2D eigenvalue weighted by atomic mass is 10.1. The van der Waals surface area contributed by atoms with Crippen LogP contribution in [0.1, 0.15) is 34.5 Å². The lowest BCUT2D eigenvalue weighted by Gasteiger charge is -2.07.